The van der Waals surface area contributed by atoms with Crippen LogP contribution in [-0.2, 0) is 14.3 Å². The van der Waals surface area contributed by atoms with Gasteiger partial charge in [0.2, 0.25) is 17.7 Å². The van der Waals surface area contributed by atoms with Crippen LogP contribution in [0.25, 0.3) is 11.5 Å². The number of morpholine rings is 1. The summed E-state index contributed by atoms with van der Waals surface area (Å²) in [6.07, 6.45) is 3.88. The van der Waals surface area contributed by atoms with Crippen molar-refractivity contribution in [1.29, 1.82) is 0 Å². The predicted octanol–water partition coefficient (Wildman–Crippen LogP) is 0.977. The molecule has 3 rings (SSSR count). The average molecular weight is 391 g/mol. The molecule has 0 aromatic carbocycles. The second-order valence-electron chi connectivity index (χ2n) is 5.90. The van der Waals surface area contributed by atoms with E-state index in [1.54, 1.807) is 36.5 Å². The van der Waals surface area contributed by atoms with Crippen LogP contribution in [0.1, 0.15) is 12.8 Å². The van der Waals surface area contributed by atoms with E-state index in [2.05, 4.69) is 20.5 Å². The number of thioether (sulfide) groups is 1. The van der Waals surface area contributed by atoms with Gasteiger partial charge in [0, 0.05) is 50.1 Å². The Morgan fingerprint density at radius 2 is 2.15 bits per heavy atom. The number of ether oxygens (including phenoxy) is 1. The minimum Gasteiger partial charge on any atom is -0.411 e. The number of carbonyl (C=O) groups excluding carboxylic acids is 2. The van der Waals surface area contributed by atoms with E-state index in [1.807, 2.05) is 0 Å². The van der Waals surface area contributed by atoms with Crippen molar-refractivity contribution < 1.29 is 18.7 Å². The molecule has 27 heavy (non-hydrogen) atoms. The van der Waals surface area contributed by atoms with Gasteiger partial charge in [-0.25, -0.2) is 0 Å². The van der Waals surface area contributed by atoms with Crippen LogP contribution >= 0.6 is 11.8 Å². The molecule has 0 bridgehead atoms. The lowest BCUT2D eigenvalue weighted by molar-refractivity contribution is -0.141. The minimum atomic E-state index is -0.224. The first-order chi connectivity index (χ1) is 13.2. The molecule has 2 amide bonds. The fourth-order valence-electron chi connectivity index (χ4n) is 2.72. The zero-order chi connectivity index (χ0) is 19.1. The number of nitrogens with zero attached hydrogens (tertiary/aromatic N) is 4. The third-order valence-electron chi connectivity index (χ3n) is 4.12. The van der Waals surface area contributed by atoms with Gasteiger partial charge in [0.1, 0.15) is 0 Å². The fourth-order valence-corrected chi connectivity index (χ4v) is 3.40. The second kappa shape index (κ2) is 9.47. The van der Waals surface area contributed by atoms with E-state index < -0.39 is 0 Å². The Kier molecular flexibility index (Phi) is 6.77. The topological polar surface area (TPSA) is 110 Å². The van der Waals surface area contributed by atoms with Crippen LogP contribution in [0, 0.1) is 0 Å². The fraction of sp³-hybridized carbons (Fsp3) is 0.471. The standard InChI is InChI=1S/C17H21N5O4S/c1-18-14(23)10-13-11-25-8-7-22(13)15(24)4-9-27-17-21-20-16(26-17)12-2-5-19-6-3-12/h2-3,5-6,13H,4,7-11H2,1H3,(H,18,23)/t13-/m0/s1. The highest BCUT2D eigenvalue weighted by molar-refractivity contribution is 7.99. The molecule has 10 heteroatoms. The molecule has 1 atom stereocenters. The summed E-state index contributed by atoms with van der Waals surface area (Å²) in [6.45, 7) is 1.37. The first-order valence-electron chi connectivity index (χ1n) is 8.62. The Labute approximate surface area is 160 Å². The molecule has 144 valence electrons. The van der Waals surface area contributed by atoms with Gasteiger partial charge in [-0.2, -0.15) is 0 Å². The zero-order valence-corrected chi connectivity index (χ0v) is 15.8. The molecule has 0 radical (unpaired) electrons. The summed E-state index contributed by atoms with van der Waals surface area (Å²) in [5.41, 5.74) is 0.797. The summed E-state index contributed by atoms with van der Waals surface area (Å²) in [5, 5.41) is 11.0. The lowest BCUT2D eigenvalue weighted by atomic mass is 10.1. The summed E-state index contributed by atoms with van der Waals surface area (Å²) in [7, 11) is 1.58. The number of aromatic nitrogens is 3. The molecule has 0 saturated carbocycles. The van der Waals surface area contributed by atoms with Crippen molar-refractivity contribution in [3.05, 3.63) is 24.5 Å². The van der Waals surface area contributed by atoms with Gasteiger partial charge >= 0.3 is 0 Å². The normalized spacial score (nSPS) is 16.9. The quantitative estimate of drug-likeness (QED) is 0.696. The molecule has 2 aromatic heterocycles. The van der Waals surface area contributed by atoms with Gasteiger partial charge in [-0.15, -0.1) is 10.2 Å². The lowest BCUT2D eigenvalue weighted by Crippen LogP contribution is -2.50. The largest absolute Gasteiger partial charge is 0.411 e. The van der Waals surface area contributed by atoms with E-state index >= 15 is 0 Å². The number of amides is 2. The van der Waals surface area contributed by atoms with Gasteiger partial charge in [0.05, 0.1) is 19.3 Å². The van der Waals surface area contributed by atoms with Crippen LogP contribution in [0.15, 0.2) is 34.2 Å². The monoisotopic (exact) mass is 391 g/mol. The van der Waals surface area contributed by atoms with Crippen molar-refractivity contribution in [2.24, 2.45) is 0 Å². The predicted molar refractivity (Wildman–Crippen MR) is 97.9 cm³/mol. The summed E-state index contributed by atoms with van der Waals surface area (Å²) in [5.74, 6) is 0.826. The van der Waals surface area contributed by atoms with Gasteiger partial charge in [0.15, 0.2) is 0 Å². The van der Waals surface area contributed by atoms with Crippen LogP contribution in [-0.4, -0.2) is 70.5 Å². The van der Waals surface area contributed by atoms with E-state index in [0.29, 0.717) is 43.0 Å². The maximum Gasteiger partial charge on any atom is 0.276 e. The van der Waals surface area contributed by atoms with Gasteiger partial charge in [-0.05, 0) is 12.1 Å². The molecule has 0 unspecified atom stereocenters. The van der Waals surface area contributed by atoms with E-state index in [9.17, 15) is 9.59 Å². The van der Waals surface area contributed by atoms with Gasteiger partial charge in [-0.1, -0.05) is 11.8 Å². The molecule has 3 heterocycles. The molecule has 1 aliphatic heterocycles. The molecule has 0 spiro atoms. The van der Waals surface area contributed by atoms with E-state index in [1.165, 1.54) is 11.8 Å². The molecular formula is C17H21N5O4S. The first-order valence-corrected chi connectivity index (χ1v) is 9.60. The number of rotatable bonds is 7. The number of carbonyl (C=O) groups is 2. The van der Waals surface area contributed by atoms with Gasteiger partial charge in [-0.3, -0.25) is 14.6 Å². The Hall–Kier alpha value is -2.46. The summed E-state index contributed by atoms with van der Waals surface area (Å²) in [6, 6.07) is 3.35. The van der Waals surface area contributed by atoms with Crippen molar-refractivity contribution >= 4 is 23.6 Å². The molecule has 1 saturated heterocycles. The maximum atomic E-state index is 12.5. The SMILES string of the molecule is CNC(=O)C[C@H]1COCCN1C(=O)CCSc1nnc(-c2ccncc2)o1. The molecule has 1 aliphatic rings. The molecule has 1 N–H and O–H groups in total. The Morgan fingerprint density at radius 3 is 2.93 bits per heavy atom. The maximum absolute atomic E-state index is 12.5. The molecule has 9 nitrogen and oxygen atoms in total. The van der Waals surface area contributed by atoms with Crippen LogP contribution in [0.3, 0.4) is 0 Å². The van der Waals surface area contributed by atoms with Crippen molar-refractivity contribution in [3.63, 3.8) is 0 Å². The second-order valence-corrected chi connectivity index (χ2v) is 6.95. The van der Waals surface area contributed by atoms with Crippen molar-refractivity contribution in [3.8, 4) is 11.5 Å². The molecule has 0 aliphatic carbocycles. The number of nitrogens with one attached hydrogen (secondary N) is 1. The summed E-state index contributed by atoms with van der Waals surface area (Å²) in [4.78, 5) is 29.9. The van der Waals surface area contributed by atoms with Crippen molar-refractivity contribution in [2.75, 3.05) is 32.6 Å². The third kappa shape index (κ3) is 5.27. The third-order valence-corrected chi connectivity index (χ3v) is 4.94. The van der Waals surface area contributed by atoms with Crippen LogP contribution in [0.2, 0.25) is 0 Å². The van der Waals surface area contributed by atoms with E-state index in [4.69, 9.17) is 9.15 Å². The van der Waals surface area contributed by atoms with Gasteiger partial charge < -0.3 is 19.4 Å². The Morgan fingerprint density at radius 1 is 1.33 bits per heavy atom. The molecule has 2 aromatic rings. The average Bonchev–Trinajstić information content (AvgIpc) is 3.18. The highest BCUT2D eigenvalue weighted by Crippen LogP contribution is 2.23. The highest BCUT2D eigenvalue weighted by atomic mass is 32.2. The first kappa shape index (κ1) is 19.3. The Bertz CT molecular complexity index is 770. The summed E-state index contributed by atoms with van der Waals surface area (Å²) >= 11 is 1.33. The van der Waals surface area contributed by atoms with Crippen LogP contribution in [0.5, 0.6) is 0 Å². The number of hydrogen-bond acceptors (Lipinski definition) is 8. The minimum absolute atomic E-state index is 0.00595. The smallest absolute Gasteiger partial charge is 0.276 e. The van der Waals surface area contributed by atoms with Gasteiger partial charge in [0.25, 0.3) is 5.22 Å². The van der Waals surface area contributed by atoms with Crippen molar-refractivity contribution in [2.45, 2.75) is 24.1 Å². The van der Waals surface area contributed by atoms with Crippen molar-refractivity contribution in [1.82, 2.24) is 25.4 Å². The van der Waals surface area contributed by atoms with E-state index in [-0.39, 0.29) is 24.3 Å². The molecular weight excluding hydrogens is 370 g/mol. The Balaban J connectivity index is 1.50. The number of hydrogen-bond donors (Lipinski definition) is 1. The summed E-state index contributed by atoms with van der Waals surface area (Å²) < 4.78 is 11.0. The molecule has 1 fully saturated rings. The number of pyridine rings is 1. The lowest BCUT2D eigenvalue weighted by Gasteiger charge is -2.35. The van der Waals surface area contributed by atoms with Crippen LogP contribution < -0.4 is 5.32 Å². The van der Waals surface area contributed by atoms with Crippen LogP contribution in [0.4, 0.5) is 0 Å². The zero-order valence-electron chi connectivity index (χ0n) is 15.0. The highest BCUT2D eigenvalue weighted by Gasteiger charge is 2.28. The van der Waals surface area contributed by atoms with E-state index in [0.717, 1.165) is 5.56 Å².